The van der Waals surface area contributed by atoms with E-state index in [0.717, 1.165) is 7.05 Å². The molecule has 0 fully saturated rings. The lowest BCUT2D eigenvalue weighted by molar-refractivity contribution is -0.184. The van der Waals surface area contributed by atoms with Gasteiger partial charge < -0.3 is 4.90 Å². The van der Waals surface area contributed by atoms with E-state index in [-0.39, 0.29) is 5.33 Å². The lowest BCUT2D eigenvalue weighted by Crippen LogP contribution is -2.57. The number of hydrogen-bond acceptors (Lipinski definition) is 2. The highest BCUT2D eigenvalue weighted by molar-refractivity contribution is 9.09. The number of likely N-dealkylation sites (N-methyl/N-ethyl adjacent to an activating group) is 1. The SMILES string of the molecule is CN(C(=O)C(F)(F)C(F)F)C(C)(C)C(=O)CBr. The molecule has 0 saturated heterocycles. The molecule has 0 atom stereocenters. The van der Waals surface area contributed by atoms with E-state index in [2.05, 4.69) is 15.9 Å². The van der Waals surface area contributed by atoms with Gasteiger partial charge >= 0.3 is 12.3 Å². The molecule has 0 aliphatic carbocycles. The van der Waals surface area contributed by atoms with Crippen LogP contribution in [0.3, 0.4) is 0 Å². The van der Waals surface area contributed by atoms with Crippen LogP contribution in [0.15, 0.2) is 0 Å². The monoisotopic (exact) mass is 321 g/mol. The van der Waals surface area contributed by atoms with E-state index in [1.54, 1.807) is 0 Å². The summed E-state index contributed by atoms with van der Waals surface area (Å²) in [6.45, 7) is 2.41. The van der Waals surface area contributed by atoms with Crippen LogP contribution in [-0.2, 0) is 9.59 Å². The minimum absolute atomic E-state index is 0.169. The maximum absolute atomic E-state index is 12.8. The highest BCUT2D eigenvalue weighted by atomic mass is 79.9. The fourth-order valence-corrected chi connectivity index (χ4v) is 1.61. The van der Waals surface area contributed by atoms with Crippen molar-refractivity contribution < 1.29 is 27.2 Å². The first-order valence-electron chi connectivity index (χ1n) is 4.53. The summed E-state index contributed by atoms with van der Waals surface area (Å²) in [4.78, 5) is 22.9. The van der Waals surface area contributed by atoms with Crippen molar-refractivity contribution in [1.82, 2.24) is 4.90 Å². The predicted molar refractivity (Wildman–Crippen MR) is 56.6 cm³/mol. The van der Waals surface area contributed by atoms with Crippen molar-refractivity contribution in [2.75, 3.05) is 12.4 Å². The van der Waals surface area contributed by atoms with Crippen molar-refractivity contribution in [3.63, 3.8) is 0 Å². The Hall–Kier alpha value is -0.660. The Kier molecular flexibility index (Phi) is 5.12. The molecule has 0 unspecified atom stereocenters. The van der Waals surface area contributed by atoms with Crippen molar-refractivity contribution in [2.45, 2.75) is 31.7 Å². The maximum Gasteiger partial charge on any atom is 0.383 e. The smallest absolute Gasteiger partial charge is 0.328 e. The van der Waals surface area contributed by atoms with Gasteiger partial charge in [0, 0.05) is 7.05 Å². The van der Waals surface area contributed by atoms with Crippen LogP contribution in [0.1, 0.15) is 13.8 Å². The van der Waals surface area contributed by atoms with Gasteiger partial charge in [0.25, 0.3) is 5.91 Å². The number of alkyl halides is 5. The van der Waals surface area contributed by atoms with Gasteiger partial charge in [0.15, 0.2) is 5.78 Å². The Labute approximate surface area is 104 Å². The largest absolute Gasteiger partial charge is 0.383 e. The van der Waals surface area contributed by atoms with Crippen LogP contribution < -0.4 is 0 Å². The van der Waals surface area contributed by atoms with Gasteiger partial charge in [-0.25, -0.2) is 8.78 Å². The highest BCUT2D eigenvalue weighted by Crippen LogP contribution is 2.28. The standard InChI is InChI=1S/C9H12BrF4NO2/c1-8(2,5(16)4-10)15(3)7(17)9(13,14)6(11)12/h6H,4H2,1-3H3. The van der Waals surface area contributed by atoms with E-state index in [4.69, 9.17) is 0 Å². The molecule has 0 bridgehead atoms. The topological polar surface area (TPSA) is 37.4 Å². The molecule has 0 aliphatic rings. The zero-order chi connectivity index (χ0) is 14.0. The first-order chi connectivity index (χ1) is 7.49. The molecule has 100 valence electrons. The molecule has 0 aromatic carbocycles. The van der Waals surface area contributed by atoms with E-state index >= 15 is 0 Å². The lowest BCUT2D eigenvalue weighted by atomic mass is 9.97. The average molecular weight is 322 g/mol. The first-order valence-corrected chi connectivity index (χ1v) is 5.65. The maximum atomic E-state index is 12.8. The molecule has 0 saturated carbocycles. The quantitative estimate of drug-likeness (QED) is 0.574. The van der Waals surface area contributed by atoms with Crippen LogP contribution >= 0.6 is 15.9 Å². The Morgan fingerprint density at radius 1 is 1.29 bits per heavy atom. The Morgan fingerprint density at radius 3 is 2.00 bits per heavy atom. The van der Waals surface area contributed by atoms with Gasteiger partial charge in [-0.05, 0) is 13.8 Å². The highest BCUT2D eigenvalue weighted by Gasteiger charge is 2.53. The normalized spacial score (nSPS) is 12.8. The van der Waals surface area contributed by atoms with Crippen molar-refractivity contribution in [1.29, 1.82) is 0 Å². The van der Waals surface area contributed by atoms with Gasteiger partial charge in [-0.1, -0.05) is 15.9 Å². The number of amides is 1. The van der Waals surface area contributed by atoms with E-state index in [1.165, 1.54) is 13.8 Å². The van der Waals surface area contributed by atoms with Crippen molar-refractivity contribution in [3.8, 4) is 0 Å². The van der Waals surface area contributed by atoms with Gasteiger partial charge in [-0.2, -0.15) is 8.78 Å². The molecule has 8 heteroatoms. The van der Waals surface area contributed by atoms with Crippen LogP contribution in [0.4, 0.5) is 17.6 Å². The van der Waals surface area contributed by atoms with Gasteiger partial charge in [0.2, 0.25) is 0 Å². The molecule has 0 radical (unpaired) electrons. The molecule has 0 rings (SSSR count). The summed E-state index contributed by atoms with van der Waals surface area (Å²) in [6.07, 6.45) is -4.10. The Bertz CT molecular complexity index is 320. The second-order valence-electron chi connectivity index (χ2n) is 3.90. The molecular weight excluding hydrogens is 310 g/mol. The molecule has 0 spiro atoms. The molecule has 0 N–H and O–H groups in total. The third kappa shape index (κ3) is 3.17. The minimum Gasteiger partial charge on any atom is -0.328 e. The fraction of sp³-hybridized carbons (Fsp3) is 0.778. The van der Waals surface area contributed by atoms with Crippen LogP contribution in [0.2, 0.25) is 0 Å². The summed E-state index contributed by atoms with van der Waals surface area (Å²) in [5.41, 5.74) is -1.58. The number of carbonyl (C=O) groups excluding carboxylic acids is 2. The van der Waals surface area contributed by atoms with E-state index in [9.17, 15) is 27.2 Å². The number of hydrogen-bond donors (Lipinski definition) is 0. The summed E-state index contributed by atoms with van der Waals surface area (Å²) in [5.74, 6) is -7.44. The minimum atomic E-state index is -4.79. The van der Waals surface area contributed by atoms with Crippen molar-refractivity contribution in [3.05, 3.63) is 0 Å². The zero-order valence-corrected chi connectivity index (χ0v) is 11.0. The van der Waals surface area contributed by atoms with Crippen LogP contribution in [0.5, 0.6) is 0 Å². The zero-order valence-electron chi connectivity index (χ0n) is 9.44. The molecule has 17 heavy (non-hydrogen) atoms. The third-order valence-corrected chi connectivity index (χ3v) is 3.02. The summed E-state index contributed by atoms with van der Waals surface area (Å²) in [7, 11) is 0.888. The fourth-order valence-electron chi connectivity index (χ4n) is 0.921. The summed E-state index contributed by atoms with van der Waals surface area (Å²) >= 11 is 2.82. The van der Waals surface area contributed by atoms with Crippen molar-refractivity contribution in [2.24, 2.45) is 0 Å². The van der Waals surface area contributed by atoms with Crippen LogP contribution in [0, 0.1) is 0 Å². The molecule has 0 aromatic heterocycles. The number of nitrogens with zero attached hydrogens (tertiary/aromatic N) is 1. The van der Waals surface area contributed by atoms with Gasteiger partial charge in [-0.3, -0.25) is 9.59 Å². The predicted octanol–water partition coefficient (Wildman–Crippen LogP) is 2.09. The molecule has 3 nitrogen and oxygen atoms in total. The van der Waals surface area contributed by atoms with E-state index < -0.39 is 29.6 Å². The van der Waals surface area contributed by atoms with Gasteiger partial charge in [0.05, 0.1) is 10.9 Å². The summed E-state index contributed by atoms with van der Waals surface area (Å²) in [6, 6.07) is 0. The number of rotatable bonds is 5. The van der Waals surface area contributed by atoms with Crippen molar-refractivity contribution >= 4 is 27.6 Å². The number of carbonyl (C=O) groups is 2. The molecule has 0 aromatic rings. The third-order valence-electron chi connectivity index (χ3n) is 2.51. The second kappa shape index (κ2) is 5.32. The number of halogens is 5. The number of Topliss-reactive ketones (excluding diaryl/α,β-unsaturated/α-hetero) is 1. The molecule has 0 aliphatic heterocycles. The molecular formula is C9H12BrF4NO2. The summed E-state index contributed by atoms with van der Waals surface area (Å²) in [5, 5.41) is -0.169. The van der Waals surface area contributed by atoms with Gasteiger partial charge in [-0.15, -0.1) is 0 Å². The lowest BCUT2D eigenvalue weighted by Gasteiger charge is -2.35. The Morgan fingerprint density at radius 2 is 1.71 bits per heavy atom. The molecule has 0 heterocycles. The van der Waals surface area contributed by atoms with Crippen LogP contribution in [-0.4, -0.2) is 46.9 Å². The Balaban J connectivity index is 5.13. The van der Waals surface area contributed by atoms with E-state index in [0.29, 0.717) is 4.90 Å². The molecule has 1 amide bonds. The number of ketones is 1. The van der Waals surface area contributed by atoms with Crippen LogP contribution in [0.25, 0.3) is 0 Å². The average Bonchev–Trinajstić information content (AvgIpc) is 2.25. The first kappa shape index (κ1) is 16.3. The second-order valence-corrected chi connectivity index (χ2v) is 4.46. The van der Waals surface area contributed by atoms with Gasteiger partial charge in [0.1, 0.15) is 0 Å². The summed E-state index contributed by atoms with van der Waals surface area (Å²) < 4.78 is 49.7. The van der Waals surface area contributed by atoms with E-state index in [1.807, 2.05) is 0 Å².